The summed E-state index contributed by atoms with van der Waals surface area (Å²) in [6.45, 7) is 3.88. The molecule has 14 nitrogen and oxygen atoms in total. The largest absolute Gasteiger partial charge is 0.507 e. The molecule has 6 rings (SSSR count). The minimum atomic E-state index is -1.07. The molecule has 1 aromatic heterocycles. The normalized spacial score (nSPS) is 18.5. The third-order valence-electron chi connectivity index (χ3n) is 8.56. The lowest BCUT2D eigenvalue weighted by molar-refractivity contribution is -0.136. The molecule has 14 heteroatoms. The molecule has 3 aliphatic heterocycles. The molecule has 0 spiro atoms. The van der Waals surface area contributed by atoms with E-state index in [4.69, 9.17) is 5.73 Å². The maximum atomic E-state index is 13.3. The Morgan fingerprint density at radius 2 is 1.72 bits per heavy atom. The van der Waals surface area contributed by atoms with E-state index in [9.17, 15) is 29.1 Å². The maximum Gasteiger partial charge on any atom is 0.264 e. The number of benzene rings is 2. The van der Waals surface area contributed by atoms with Gasteiger partial charge in [-0.05, 0) is 56.1 Å². The number of anilines is 3. The van der Waals surface area contributed by atoms with Crippen LogP contribution in [-0.4, -0.2) is 93.4 Å². The van der Waals surface area contributed by atoms with Crippen molar-refractivity contribution < 1.29 is 29.1 Å². The van der Waals surface area contributed by atoms with Crippen molar-refractivity contribution in [3.63, 3.8) is 0 Å². The lowest BCUT2D eigenvalue weighted by atomic mass is 10.0. The van der Waals surface area contributed by atoms with Crippen LogP contribution in [0.2, 0.25) is 0 Å². The first-order valence-corrected chi connectivity index (χ1v) is 15.2. The zero-order valence-electron chi connectivity index (χ0n) is 25.1. The number of hydrogen-bond donors (Lipinski definition) is 4. The topological polar surface area (TPSA) is 191 Å². The first-order chi connectivity index (χ1) is 22.2. The minimum Gasteiger partial charge on any atom is -0.507 e. The molecule has 2 fully saturated rings. The number of aromatic hydroxyl groups is 1. The number of aromatic nitrogens is 2. The number of piperazine rings is 1. The Labute approximate surface area is 264 Å². The predicted molar refractivity (Wildman–Crippen MR) is 168 cm³/mol. The second-order valence-corrected chi connectivity index (χ2v) is 11.5. The lowest BCUT2D eigenvalue weighted by Crippen LogP contribution is -2.54. The molecule has 0 aliphatic carbocycles. The average Bonchev–Trinajstić information content (AvgIpc) is 3.30. The van der Waals surface area contributed by atoms with E-state index >= 15 is 0 Å². The number of para-hydroxylation sites is 1. The van der Waals surface area contributed by atoms with Crippen LogP contribution in [0, 0.1) is 0 Å². The highest BCUT2D eigenvalue weighted by Crippen LogP contribution is 2.33. The van der Waals surface area contributed by atoms with E-state index in [0.29, 0.717) is 23.5 Å². The number of piperidine rings is 1. The van der Waals surface area contributed by atoms with E-state index in [1.54, 1.807) is 30.3 Å². The van der Waals surface area contributed by atoms with Crippen LogP contribution in [0.4, 0.5) is 17.2 Å². The van der Waals surface area contributed by atoms with Gasteiger partial charge in [-0.2, -0.15) is 0 Å². The number of phenols is 1. The number of fused-ring (bicyclic) bond motifs is 1. The molecule has 0 radical (unpaired) electrons. The number of carbonyl (C=O) groups excluding carboxylic acids is 5. The van der Waals surface area contributed by atoms with Gasteiger partial charge in [-0.15, -0.1) is 10.2 Å². The van der Waals surface area contributed by atoms with Gasteiger partial charge < -0.3 is 21.1 Å². The highest BCUT2D eigenvalue weighted by Gasteiger charge is 2.45. The van der Waals surface area contributed by atoms with Crippen LogP contribution in [0.3, 0.4) is 0 Å². The number of amides is 5. The van der Waals surface area contributed by atoms with Crippen molar-refractivity contribution in [1.82, 2.24) is 25.3 Å². The molecule has 2 aromatic carbocycles. The Bertz CT molecular complexity index is 1720. The summed E-state index contributed by atoms with van der Waals surface area (Å²) in [7, 11) is 0. The Hall–Kier alpha value is -5.37. The van der Waals surface area contributed by atoms with Crippen LogP contribution >= 0.6 is 0 Å². The van der Waals surface area contributed by atoms with E-state index in [1.807, 2.05) is 12.1 Å². The zero-order chi connectivity index (χ0) is 32.4. The summed E-state index contributed by atoms with van der Waals surface area (Å²) in [5.74, 6) is -2.24. The smallest absolute Gasteiger partial charge is 0.264 e. The molecule has 2 saturated heterocycles. The summed E-state index contributed by atoms with van der Waals surface area (Å²) < 4.78 is 0. The van der Waals surface area contributed by atoms with Gasteiger partial charge in [0.2, 0.25) is 17.7 Å². The van der Waals surface area contributed by atoms with Crippen LogP contribution in [-0.2, 0) is 14.4 Å². The Morgan fingerprint density at radius 3 is 2.48 bits per heavy atom. The van der Waals surface area contributed by atoms with Crippen molar-refractivity contribution in [2.45, 2.75) is 38.1 Å². The number of nitrogen functional groups attached to an aromatic ring is 1. The van der Waals surface area contributed by atoms with Gasteiger partial charge in [-0.3, -0.25) is 39.1 Å². The van der Waals surface area contributed by atoms with Crippen molar-refractivity contribution in [3.8, 4) is 17.0 Å². The van der Waals surface area contributed by atoms with Gasteiger partial charge in [0.25, 0.3) is 11.8 Å². The van der Waals surface area contributed by atoms with Gasteiger partial charge >= 0.3 is 0 Å². The average molecular weight is 627 g/mol. The van der Waals surface area contributed by atoms with Crippen LogP contribution < -0.4 is 21.3 Å². The molecular formula is C32H34N8O6. The van der Waals surface area contributed by atoms with Crippen LogP contribution in [0.5, 0.6) is 5.75 Å². The third-order valence-corrected chi connectivity index (χ3v) is 8.56. The summed E-state index contributed by atoms with van der Waals surface area (Å²) in [4.78, 5) is 68.4. The molecular weight excluding hydrogens is 592 g/mol. The van der Waals surface area contributed by atoms with Crippen LogP contribution in [0.1, 0.15) is 52.8 Å². The van der Waals surface area contributed by atoms with Crippen molar-refractivity contribution in [3.05, 3.63) is 59.7 Å². The molecule has 1 atom stereocenters. The van der Waals surface area contributed by atoms with Gasteiger partial charge in [0, 0.05) is 44.6 Å². The lowest BCUT2D eigenvalue weighted by Gasteiger charge is -2.36. The molecule has 0 bridgehead atoms. The Morgan fingerprint density at radius 1 is 0.957 bits per heavy atom. The van der Waals surface area contributed by atoms with E-state index < -0.39 is 29.7 Å². The van der Waals surface area contributed by atoms with Crippen molar-refractivity contribution in [2.24, 2.45) is 0 Å². The van der Waals surface area contributed by atoms with Gasteiger partial charge in [-0.1, -0.05) is 18.2 Å². The number of rotatable bonds is 9. The molecule has 1 unspecified atom stereocenters. The predicted octanol–water partition coefficient (Wildman–Crippen LogP) is 1.76. The second-order valence-electron chi connectivity index (χ2n) is 11.5. The number of unbranched alkanes of at least 4 members (excludes halogenated alkanes) is 1. The van der Waals surface area contributed by atoms with Crippen LogP contribution in [0.25, 0.3) is 11.3 Å². The standard InChI is InChI=1S/C32H34N8O6/c33-29-24(18-22(36-37-29)19-6-1-2-9-25(19)41)39-16-14-38(15-17-39)13-4-3-10-26(42)34-21-8-5-7-20-28(21)32(46)40(31(20)45)23-11-12-27(43)35-30(23)44/h1-2,5-9,18,23,41H,3-4,10-17H2,(H2,33,37)(H,34,42)(H,35,43,44). The van der Waals surface area contributed by atoms with Crippen LogP contribution in [0.15, 0.2) is 48.5 Å². The number of hydrogen-bond acceptors (Lipinski definition) is 11. The fourth-order valence-electron chi connectivity index (χ4n) is 6.13. The minimum absolute atomic E-state index is 0.0294. The second kappa shape index (κ2) is 12.9. The fraction of sp³-hybridized carbons (Fsp3) is 0.344. The molecule has 0 saturated carbocycles. The Balaban J connectivity index is 0.979. The number of nitrogens with two attached hydrogens (primary N) is 1. The first-order valence-electron chi connectivity index (χ1n) is 15.2. The summed E-state index contributed by atoms with van der Waals surface area (Å²) in [6, 6.07) is 12.4. The summed E-state index contributed by atoms with van der Waals surface area (Å²) >= 11 is 0. The van der Waals surface area contributed by atoms with Gasteiger partial charge in [0.1, 0.15) is 11.8 Å². The SMILES string of the molecule is Nc1nnc(-c2ccccc2O)cc1N1CCN(CCCCC(=O)Nc2cccc3c2C(=O)N(C2CCC(=O)NC2=O)C3=O)CC1. The van der Waals surface area contributed by atoms with Crippen molar-refractivity contribution in [2.75, 3.05) is 48.7 Å². The fourth-order valence-corrected chi connectivity index (χ4v) is 6.13. The molecule has 5 amide bonds. The summed E-state index contributed by atoms with van der Waals surface area (Å²) in [5.41, 5.74) is 8.46. The zero-order valence-corrected chi connectivity index (χ0v) is 25.1. The van der Waals surface area contributed by atoms with Crippen molar-refractivity contribution in [1.29, 1.82) is 0 Å². The molecule has 46 heavy (non-hydrogen) atoms. The molecule has 4 heterocycles. The van der Waals surface area contributed by atoms with Gasteiger partial charge in [0.15, 0.2) is 5.82 Å². The molecule has 3 aliphatic rings. The van der Waals surface area contributed by atoms with E-state index in [1.165, 1.54) is 6.07 Å². The quantitative estimate of drug-likeness (QED) is 0.200. The summed E-state index contributed by atoms with van der Waals surface area (Å²) in [6.07, 6.45) is 1.74. The molecule has 5 N–H and O–H groups in total. The summed E-state index contributed by atoms with van der Waals surface area (Å²) in [5, 5.41) is 23.4. The number of phenolic OH excluding ortho intramolecular Hbond substituents is 1. The number of imide groups is 2. The maximum absolute atomic E-state index is 13.3. The molecule has 238 valence electrons. The molecule has 3 aromatic rings. The highest BCUT2D eigenvalue weighted by molar-refractivity contribution is 6.26. The highest BCUT2D eigenvalue weighted by atomic mass is 16.3. The number of carbonyl (C=O) groups is 5. The first kappa shape index (κ1) is 30.6. The van der Waals surface area contributed by atoms with Gasteiger partial charge in [-0.25, -0.2) is 0 Å². The third kappa shape index (κ3) is 6.11. The Kier molecular flexibility index (Phi) is 8.61. The van der Waals surface area contributed by atoms with Gasteiger partial charge in [0.05, 0.1) is 28.2 Å². The number of nitrogens with zero attached hydrogens (tertiary/aromatic N) is 5. The van der Waals surface area contributed by atoms with E-state index in [2.05, 4.69) is 30.6 Å². The monoisotopic (exact) mass is 626 g/mol. The number of nitrogens with one attached hydrogen (secondary N) is 2. The van der Waals surface area contributed by atoms with E-state index in [0.717, 1.165) is 49.7 Å². The van der Waals surface area contributed by atoms with E-state index in [-0.39, 0.29) is 47.7 Å². The van der Waals surface area contributed by atoms with Crippen molar-refractivity contribution >= 4 is 46.7 Å².